The van der Waals surface area contributed by atoms with Crippen LogP contribution in [0, 0.1) is 11.7 Å². The minimum absolute atomic E-state index is 0.223. The molecule has 1 saturated heterocycles. The van der Waals surface area contributed by atoms with Crippen LogP contribution in [0.5, 0.6) is 0 Å². The molecule has 0 spiro atoms. The van der Waals surface area contributed by atoms with Gasteiger partial charge in [0.2, 0.25) is 0 Å². The lowest BCUT2D eigenvalue weighted by Gasteiger charge is -2.33. The first kappa shape index (κ1) is 16.7. The van der Waals surface area contributed by atoms with E-state index in [-0.39, 0.29) is 10.8 Å². The number of benzene rings is 1. The molecule has 0 aliphatic carbocycles. The summed E-state index contributed by atoms with van der Waals surface area (Å²) in [6.07, 6.45) is 3.67. The smallest absolute Gasteiger partial charge is 0.141 e. The molecule has 0 aromatic heterocycles. The Balaban J connectivity index is 2.25. The highest BCUT2D eigenvalue weighted by Gasteiger charge is 2.29. The zero-order valence-corrected chi connectivity index (χ0v) is 14.0. The average molecular weight is 313 g/mol. The third-order valence-electron chi connectivity index (χ3n) is 4.33. The number of likely N-dealkylation sites (tertiary alicyclic amines) is 1. The fourth-order valence-corrected chi connectivity index (χ4v) is 3.44. The molecule has 21 heavy (non-hydrogen) atoms. The molecule has 118 valence electrons. The van der Waals surface area contributed by atoms with Crippen molar-refractivity contribution < 1.29 is 4.39 Å². The Hall–Kier alpha value is -0.640. The van der Waals surface area contributed by atoms with Crippen molar-refractivity contribution in [3.05, 3.63) is 34.6 Å². The second-order valence-electron chi connectivity index (χ2n) is 6.42. The van der Waals surface area contributed by atoms with Gasteiger partial charge in [-0.3, -0.25) is 4.90 Å². The van der Waals surface area contributed by atoms with Gasteiger partial charge in [-0.1, -0.05) is 37.9 Å². The number of hydrogen-bond acceptors (Lipinski definition) is 2. The van der Waals surface area contributed by atoms with Crippen LogP contribution in [-0.4, -0.2) is 31.1 Å². The number of hydrogen-bond donors (Lipinski definition) is 1. The molecule has 0 saturated carbocycles. The molecule has 1 heterocycles. The van der Waals surface area contributed by atoms with Crippen LogP contribution in [0.4, 0.5) is 4.39 Å². The fourth-order valence-electron chi connectivity index (χ4n) is 3.25. The highest BCUT2D eigenvalue weighted by Crippen LogP contribution is 2.35. The Morgan fingerprint density at radius 2 is 2.14 bits per heavy atom. The normalized spacial score (nSPS) is 24.3. The first-order chi connectivity index (χ1) is 9.99. The predicted molar refractivity (Wildman–Crippen MR) is 87.3 cm³/mol. The average Bonchev–Trinajstić information content (AvgIpc) is 2.61. The van der Waals surface area contributed by atoms with Crippen molar-refractivity contribution in [2.24, 2.45) is 5.92 Å². The zero-order chi connectivity index (χ0) is 15.4. The van der Waals surface area contributed by atoms with Crippen LogP contribution in [0.2, 0.25) is 5.02 Å². The van der Waals surface area contributed by atoms with Crippen molar-refractivity contribution in [3.8, 4) is 0 Å². The summed E-state index contributed by atoms with van der Waals surface area (Å²) in [7, 11) is 2.16. The predicted octanol–water partition coefficient (Wildman–Crippen LogP) is 4.25. The number of rotatable bonds is 4. The van der Waals surface area contributed by atoms with Gasteiger partial charge in [0, 0.05) is 18.6 Å². The van der Waals surface area contributed by atoms with Gasteiger partial charge in [0.1, 0.15) is 5.82 Å². The van der Waals surface area contributed by atoms with Crippen molar-refractivity contribution in [2.45, 2.75) is 45.2 Å². The lowest BCUT2D eigenvalue weighted by molar-refractivity contribution is 0.187. The lowest BCUT2D eigenvalue weighted by Crippen LogP contribution is -2.37. The van der Waals surface area contributed by atoms with E-state index in [0.29, 0.717) is 18.0 Å². The van der Waals surface area contributed by atoms with Gasteiger partial charge in [-0.2, -0.15) is 0 Å². The molecule has 1 aliphatic rings. The Bertz CT molecular complexity index is 464. The van der Waals surface area contributed by atoms with E-state index in [1.807, 2.05) is 6.07 Å². The minimum Gasteiger partial charge on any atom is -0.314 e. The van der Waals surface area contributed by atoms with Crippen LogP contribution in [0.25, 0.3) is 0 Å². The first-order valence-corrected chi connectivity index (χ1v) is 8.25. The molecule has 1 N–H and O–H groups in total. The molecular weight excluding hydrogens is 287 g/mol. The number of nitrogens with zero attached hydrogens (tertiary/aromatic N) is 1. The second-order valence-corrected chi connectivity index (χ2v) is 6.83. The lowest BCUT2D eigenvalue weighted by atomic mass is 9.89. The van der Waals surface area contributed by atoms with E-state index in [1.54, 1.807) is 6.07 Å². The summed E-state index contributed by atoms with van der Waals surface area (Å²) in [5.74, 6) is 0.190. The topological polar surface area (TPSA) is 15.3 Å². The quantitative estimate of drug-likeness (QED) is 0.894. The maximum absolute atomic E-state index is 13.4. The summed E-state index contributed by atoms with van der Waals surface area (Å²) in [4.78, 5) is 2.39. The molecule has 2 rings (SSSR count). The van der Waals surface area contributed by atoms with Gasteiger partial charge in [-0.15, -0.1) is 0 Å². The summed E-state index contributed by atoms with van der Waals surface area (Å²) in [6.45, 7) is 6.41. The second kappa shape index (κ2) is 7.57. The zero-order valence-electron chi connectivity index (χ0n) is 13.2. The van der Waals surface area contributed by atoms with Crippen LogP contribution in [0.1, 0.15) is 44.7 Å². The van der Waals surface area contributed by atoms with Crippen molar-refractivity contribution >= 4 is 11.6 Å². The van der Waals surface area contributed by atoms with Gasteiger partial charge in [0.25, 0.3) is 0 Å². The molecule has 4 heteroatoms. The van der Waals surface area contributed by atoms with E-state index in [4.69, 9.17) is 11.6 Å². The van der Waals surface area contributed by atoms with Crippen LogP contribution in [0.3, 0.4) is 0 Å². The van der Waals surface area contributed by atoms with Crippen molar-refractivity contribution in [3.63, 3.8) is 0 Å². The monoisotopic (exact) mass is 312 g/mol. The molecule has 0 radical (unpaired) electrons. The maximum atomic E-state index is 13.4. The molecule has 2 atom stereocenters. The van der Waals surface area contributed by atoms with Crippen molar-refractivity contribution in [1.82, 2.24) is 10.2 Å². The van der Waals surface area contributed by atoms with E-state index in [9.17, 15) is 4.39 Å². The third kappa shape index (κ3) is 4.41. The van der Waals surface area contributed by atoms with Crippen LogP contribution in [0.15, 0.2) is 18.2 Å². The SMILES string of the molecule is CC(C)NCC1CCCCN(C)C1c1ccc(F)c(Cl)c1. The largest absolute Gasteiger partial charge is 0.314 e. The van der Waals surface area contributed by atoms with Gasteiger partial charge in [0.05, 0.1) is 5.02 Å². The van der Waals surface area contributed by atoms with E-state index < -0.39 is 0 Å². The highest BCUT2D eigenvalue weighted by molar-refractivity contribution is 6.30. The van der Waals surface area contributed by atoms with Crippen LogP contribution in [-0.2, 0) is 0 Å². The van der Waals surface area contributed by atoms with Gasteiger partial charge in [-0.05, 0) is 50.0 Å². The van der Waals surface area contributed by atoms with E-state index in [1.165, 1.54) is 25.3 Å². The van der Waals surface area contributed by atoms with Gasteiger partial charge in [-0.25, -0.2) is 4.39 Å². The minimum atomic E-state index is -0.339. The number of halogens is 2. The Morgan fingerprint density at radius 1 is 1.38 bits per heavy atom. The molecule has 2 nitrogen and oxygen atoms in total. The van der Waals surface area contributed by atoms with E-state index in [0.717, 1.165) is 18.7 Å². The summed E-state index contributed by atoms with van der Waals surface area (Å²) < 4.78 is 13.4. The Labute approximate surface area is 132 Å². The van der Waals surface area contributed by atoms with Gasteiger partial charge in [0.15, 0.2) is 0 Å². The van der Waals surface area contributed by atoms with Gasteiger partial charge >= 0.3 is 0 Å². The first-order valence-electron chi connectivity index (χ1n) is 7.87. The Kier molecular flexibility index (Phi) is 6.03. The summed E-state index contributed by atoms with van der Waals surface area (Å²) in [5, 5.41) is 3.78. The summed E-state index contributed by atoms with van der Waals surface area (Å²) in [6, 6.07) is 5.96. The molecular formula is C17H26ClFN2. The molecule has 1 aliphatic heterocycles. The van der Waals surface area contributed by atoms with E-state index in [2.05, 4.69) is 31.1 Å². The van der Waals surface area contributed by atoms with Crippen LogP contribution >= 0.6 is 11.6 Å². The van der Waals surface area contributed by atoms with E-state index >= 15 is 0 Å². The molecule has 0 bridgehead atoms. The van der Waals surface area contributed by atoms with Gasteiger partial charge < -0.3 is 5.32 Å². The molecule has 1 aromatic carbocycles. The maximum Gasteiger partial charge on any atom is 0.141 e. The fraction of sp³-hybridized carbons (Fsp3) is 0.647. The highest BCUT2D eigenvalue weighted by atomic mass is 35.5. The molecule has 0 amide bonds. The molecule has 1 fully saturated rings. The van der Waals surface area contributed by atoms with Crippen molar-refractivity contribution in [1.29, 1.82) is 0 Å². The third-order valence-corrected chi connectivity index (χ3v) is 4.62. The standard InChI is InChI=1S/C17H26ClFN2/c1-12(2)20-11-14-6-4-5-9-21(3)17(14)13-7-8-16(19)15(18)10-13/h7-8,10,12,14,17,20H,4-6,9,11H2,1-3H3. The van der Waals surface area contributed by atoms with Crippen molar-refractivity contribution in [2.75, 3.05) is 20.1 Å². The summed E-state index contributed by atoms with van der Waals surface area (Å²) in [5.41, 5.74) is 1.13. The molecule has 2 unspecified atom stereocenters. The van der Waals surface area contributed by atoms with Crippen LogP contribution < -0.4 is 5.32 Å². The summed E-state index contributed by atoms with van der Waals surface area (Å²) >= 11 is 5.99. The molecule has 1 aromatic rings. The Morgan fingerprint density at radius 3 is 2.81 bits per heavy atom. The number of nitrogens with one attached hydrogen (secondary N) is 1.